The predicted octanol–water partition coefficient (Wildman–Crippen LogP) is 3.32. The summed E-state index contributed by atoms with van der Waals surface area (Å²) in [7, 11) is 0. The second-order valence-corrected chi connectivity index (χ2v) is 6.77. The van der Waals surface area contributed by atoms with E-state index < -0.39 is 0 Å². The Morgan fingerprint density at radius 1 is 1.45 bits per heavy atom. The Bertz CT molecular complexity index is 489. The quantitative estimate of drug-likeness (QED) is 0.832. The highest BCUT2D eigenvalue weighted by Crippen LogP contribution is 2.25. The van der Waals surface area contributed by atoms with Crippen LogP contribution in [0.4, 0.5) is 4.39 Å². The van der Waals surface area contributed by atoms with Gasteiger partial charge in [0.1, 0.15) is 5.82 Å². The lowest BCUT2D eigenvalue weighted by Crippen LogP contribution is -2.49. The maximum atomic E-state index is 13.5. The van der Waals surface area contributed by atoms with Gasteiger partial charge in [-0.05, 0) is 30.9 Å². The molecule has 1 aliphatic rings. The van der Waals surface area contributed by atoms with Crippen molar-refractivity contribution in [3.8, 4) is 0 Å². The number of hydrogen-bond donors (Lipinski definition) is 1. The van der Waals surface area contributed by atoms with Crippen molar-refractivity contribution in [2.45, 2.75) is 37.1 Å². The Kier molecular flexibility index (Phi) is 8.21. The summed E-state index contributed by atoms with van der Waals surface area (Å²) in [5.41, 5.74) is 5.78. The van der Waals surface area contributed by atoms with Gasteiger partial charge in [0.05, 0.1) is 0 Å². The summed E-state index contributed by atoms with van der Waals surface area (Å²) in [5.74, 6) is 1.15. The van der Waals surface area contributed by atoms with Crippen molar-refractivity contribution < 1.29 is 9.18 Å². The maximum Gasteiger partial charge on any atom is 0.223 e. The highest BCUT2D eigenvalue weighted by atomic mass is 35.5. The molecule has 1 amide bonds. The van der Waals surface area contributed by atoms with E-state index in [0.717, 1.165) is 19.4 Å². The standard InChI is InChI=1S/C16H23FN2OS.ClH/c1-12-6-8-19(13(10-12)11-18)16(20)7-9-21-15-5-3-2-4-14(15)17;/h2-5,12-13H,6-11,18H2,1H3;1H. The van der Waals surface area contributed by atoms with E-state index in [9.17, 15) is 9.18 Å². The normalized spacial score (nSPS) is 21.3. The van der Waals surface area contributed by atoms with E-state index in [4.69, 9.17) is 5.73 Å². The first-order chi connectivity index (χ1) is 10.1. The first-order valence-corrected chi connectivity index (χ1v) is 8.47. The smallest absolute Gasteiger partial charge is 0.223 e. The van der Waals surface area contributed by atoms with Crippen LogP contribution in [0.25, 0.3) is 0 Å². The molecule has 2 unspecified atom stereocenters. The number of thioether (sulfide) groups is 1. The molecule has 0 radical (unpaired) electrons. The Morgan fingerprint density at radius 3 is 2.86 bits per heavy atom. The van der Waals surface area contributed by atoms with E-state index in [1.54, 1.807) is 12.1 Å². The van der Waals surface area contributed by atoms with Crippen LogP contribution in [-0.4, -0.2) is 35.7 Å². The zero-order chi connectivity index (χ0) is 15.2. The molecule has 1 heterocycles. The van der Waals surface area contributed by atoms with E-state index >= 15 is 0 Å². The first kappa shape index (κ1) is 19.3. The van der Waals surface area contributed by atoms with Crippen LogP contribution in [-0.2, 0) is 4.79 Å². The number of carbonyl (C=O) groups excluding carboxylic acids is 1. The number of rotatable bonds is 5. The Labute approximate surface area is 142 Å². The van der Waals surface area contributed by atoms with Gasteiger partial charge in [-0.2, -0.15) is 0 Å². The summed E-state index contributed by atoms with van der Waals surface area (Å²) in [6, 6.07) is 6.84. The molecule has 0 spiro atoms. The molecule has 1 aromatic rings. The topological polar surface area (TPSA) is 46.3 Å². The molecule has 0 bridgehead atoms. The van der Waals surface area contributed by atoms with Crippen molar-refractivity contribution in [3.05, 3.63) is 30.1 Å². The average molecular weight is 347 g/mol. The molecule has 1 fully saturated rings. The van der Waals surface area contributed by atoms with Gasteiger partial charge in [0.25, 0.3) is 0 Å². The van der Waals surface area contributed by atoms with E-state index in [0.29, 0.717) is 29.5 Å². The number of piperidine rings is 1. The summed E-state index contributed by atoms with van der Waals surface area (Å²) in [6.45, 7) is 3.53. The number of nitrogens with two attached hydrogens (primary N) is 1. The van der Waals surface area contributed by atoms with E-state index in [2.05, 4.69) is 6.92 Å². The van der Waals surface area contributed by atoms with Crippen molar-refractivity contribution in [2.24, 2.45) is 11.7 Å². The Balaban J connectivity index is 0.00000242. The first-order valence-electron chi connectivity index (χ1n) is 7.48. The third kappa shape index (κ3) is 5.14. The van der Waals surface area contributed by atoms with E-state index in [1.165, 1.54) is 17.8 Å². The van der Waals surface area contributed by atoms with Crippen LogP contribution in [0.3, 0.4) is 0 Å². The molecule has 0 aromatic heterocycles. The fourth-order valence-electron chi connectivity index (χ4n) is 2.76. The lowest BCUT2D eigenvalue weighted by molar-refractivity contribution is -0.134. The van der Waals surface area contributed by atoms with Gasteiger partial charge in [-0.15, -0.1) is 24.2 Å². The van der Waals surface area contributed by atoms with Crippen molar-refractivity contribution in [3.63, 3.8) is 0 Å². The Hall–Kier alpha value is -0.780. The minimum absolute atomic E-state index is 0. The number of carbonyl (C=O) groups is 1. The van der Waals surface area contributed by atoms with Gasteiger partial charge in [-0.25, -0.2) is 4.39 Å². The number of likely N-dealkylation sites (tertiary alicyclic amines) is 1. The zero-order valence-electron chi connectivity index (χ0n) is 12.8. The van der Waals surface area contributed by atoms with Gasteiger partial charge in [0.15, 0.2) is 0 Å². The van der Waals surface area contributed by atoms with Gasteiger partial charge < -0.3 is 10.6 Å². The summed E-state index contributed by atoms with van der Waals surface area (Å²) in [5, 5.41) is 0. The monoisotopic (exact) mass is 346 g/mol. The van der Waals surface area contributed by atoms with Crippen LogP contribution in [0, 0.1) is 11.7 Å². The largest absolute Gasteiger partial charge is 0.338 e. The maximum absolute atomic E-state index is 13.5. The average Bonchev–Trinajstić information content (AvgIpc) is 2.48. The molecular formula is C16H24ClFN2OS. The lowest BCUT2D eigenvalue weighted by atomic mass is 9.92. The Morgan fingerprint density at radius 2 is 2.18 bits per heavy atom. The number of amides is 1. The molecule has 6 heteroatoms. The second-order valence-electron chi connectivity index (χ2n) is 5.64. The van der Waals surface area contributed by atoms with Crippen LogP contribution in [0.15, 0.2) is 29.2 Å². The second kappa shape index (κ2) is 9.38. The number of nitrogens with zero attached hydrogens (tertiary/aromatic N) is 1. The molecule has 0 saturated carbocycles. The molecule has 2 atom stereocenters. The van der Waals surface area contributed by atoms with Crippen LogP contribution >= 0.6 is 24.2 Å². The molecule has 3 nitrogen and oxygen atoms in total. The molecule has 1 aliphatic heterocycles. The fraction of sp³-hybridized carbons (Fsp3) is 0.562. The molecule has 1 aromatic carbocycles. The lowest BCUT2D eigenvalue weighted by Gasteiger charge is -2.38. The highest BCUT2D eigenvalue weighted by Gasteiger charge is 2.28. The SMILES string of the molecule is CC1CCN(C(=O)CCSc2ccccc2F)C(CN)C1.Cl. The number of benzene rings is 1. The van der Waals surface area contributed by atoms with Crippen molar-refractivity contribution in [2.75, 3.05) is 18.8 Å². The highest BCUT2D eigenvalue weighted by molar-refractivity contribution is 7.99. The van der Waals surface area contributed by atoms with Gasteiger partial charge in [0.2, 0.25) is 5.91 Å². The van der Waals surface area contributed by atoms with Crippen molar-refractivity contribution in [1.29, 1.82) is 0 Å². The summed E-state index contributed by atoms with van der Waals surface area (Å²) in [4.78, 5) is 14.8. The van der Waals surface area contributed by atoms with E-state index in [1.807, 2.05) is 11.0 Å². The zero-order valence-corrected chi connectivity index (χ0v) is 14.5. The van der Waals surface area contributed by atoms with Gasteiger partial charge in [0, 0.05) is 36.2 Å². The third-order valence-corrected chi connectivity index (χ3v) is 5.03. The van der Waals surface area contributed by atoms with Crippen molar-refractivity contribution >= 4 is 30.1 Å². The van der Waals surface area contributed by atoms with E-state index in [-0.39, 0.29) is 30.2 Å². The fourth-order valence-corrected chi connectivity index (χ4v) is 3.63. The molecule has 1 saturated heterocycles. The van der Waals surface area contributed by atoms with Gasteiger partial charge >= 0.3 is 0 Å². The summed E-state index contributed by atoms with van der Waals surface area (Å²) in [6.07, 6.45) is 2.47. The summed E-state index contributed by atoms with van der Waals surface area (Å²) < 4.78 is 13.5. The van der Waals surface area contributed by atoms with Gasteiger partial charge in [-0.3, -0.25) is 4.79 Å². The molecule has 2 rings (SSSR count). The van der Waals surface area contributed by atoms with Crippen LogP contribution < -0.4 is 5.73 Å². The number of halogens is 2. The molecule has 124 valence electrons. The third-order valence-electron chi connectivity index (χ3n) is 3.98. The van der Waals surface area contributed by atoms with Crippen LogP contribution in [0.2, 0.25) is 0 Å². The van der Waals surface area contributed by atoms with Crippen LogP contribution in [0.1, 0.15) is 26.2 Å². The number of hydrogen-bond acceptors (Lipinski definition) is 3. The minimum atomic E-state index is -0.221. The van der Waals surface area contributed by atoms with Gasteiger partial charge in [-0.1, -0.05) is 19.1 Å². The predicted molar refractivity (Wildman–Crippen MR) is 91.9 cm³/mol. The molecule has 0 aliphatic carbocycles. The van der Waals surface area contributed by atoms with Crippen LogP contribution in [0.5, 0.6) is 0 Å². The molecule has 2 N–H and O–H groups in total. The van der Waals surface area contributed by atoms with Crippen molar-refractivity contribution in [1.82, 2.24) is 4.90 Å². The molecule has 22 heavy (non-hydrogen) atoms. The minimum Gasteiger partial charge on any atom is -0.338 e. The molecular weight excluding hydrogens is 323 g/mol. The summed E-state index contributed by atoms with van der Waals surface area (Å²) >= 11 is 1.39.